The summed E-state index contributed by atoms with van der Waals surface area (Å²) in [7, 11) is 0. The van der Waals surface area contributed by atoms with Gasteiger partial charge in [-0.2, -0.15) is 0 Å². The van der Waals surface area contributed by atoms with Crippen LogP contribution < -0.4 is 10.6 Å². The first-order valence-corrected chi connectivity index (χ1v) is 7.86. The highest BCUT2D eigenvalue weighted by Gasteiger charge is 2.08. The largest absolute Gasteiger partial charge is 0.371 e. The number of benzene rings is 2. The summed E-state index contributed by atoms with van der Waals surface area (Å²) < 4.78 is 0. The minimum Gasteiger partial charge on any atom is -0.371 e. The van der Waals surface area contributed by atoms with Crippen molar-refractivity contribution in [3.05, 3.63) is 65.7 Å². The van der Waals surface area contributed by atoms with Crippen molar-refractivity contribution < 1.29 is 0 Å². The first-order valence-electron chi connectivity index (χ1n) is 7.86. The SMILES string of the molecule is Cc1ccccc1N(CCCN)CCCc1ccccc1. The lowest BCUT2D eigenvalue weighted by Crippen LogP contribution is -2.28. The highest BCUT2D eigenvalue weighted by atomic mass is 15.1. The third-order valence-corrected chi connectivity index (χ3v) is 3.82. The Labute approximate surface area is 128 Å². The number of hydrogen-bond acceptors (Lipinski definition) is 2. The Morgan fingerprint density at radius 2 is 1.52 bits per heavy atom. The molecular weight excluding hydrogens is 256 g/mol. The Morgan fingerprint density at radius 1 is 0.857 bits per heavy atom. The van der Waals surface area contributed by atoms with Crippen LogP contribution in [0.1, 0.15) is 24.0 Å². The summed E-state index contributed by atoms with van der Waals surface area (Å²) in [4.78, 5) is 2.48. The van der Waals surface area contributed by atoms with Crippen LogP contribution in [0, 0.1) is 6.92 Å². The number of para-hydroxylation sites is 1. The van der Waals surface area contributed by atoms with Crippen LogP contribution in [0.3, 0.4) is 0 Å². The number of hydrogen-bond donors (Lipinski definition) is 1. The minimum absolute atomic E-state index is 0.751. The van der Waals surface area contributed by atoms with Crippen LogP contribution in [-0.4, -0.2) is 19.6 Å². The molecule has 0 aliphatic heterocycles. The summed E-state index contributed by atoms with van der Waals surface area (Å²) in [6.45, 7) is 5.05. The summed E-state index contributed by atoms with van der Waals surface area (Å²) in [6.07, 6.45) is 3.34. The quantitative estimate of drug-likeness (QED) is 0.798. The summed E-state index contributed by atoms with van der Waals surface area (Å²) in [5.41, 5.74) is 9.79. The summed E-state index contributed by atoms with van der Waals surface area (Å²) in [5.74, 6) is 0. The van der Waals surface area contributed by atoms with E-state index in [1.165, 1.54) is 23.2 Å². The standard InChI is InChI=1S/C19H26N2/c1-17-9-5-6-13-19(17)21(16-8-14-20)15-7-12-18-10-3-2-4-11-18/h2-6,9-11,13H,7-8,12,14-16,20H2,1H3. The number of nitrogens with two attached hydrogens (primary N) is 1. The fourth-order valence-corrected chi connectivity index (χ4v) is 2.67. The van der Waals surface area contributed by atoms with Crippen molar-refractivity contribution in [1.82, 2.24) is 0 Å². The van der Waals surface area contributed by atoms with Gasteiger partial charge in [-0.25, -0.2) is 0 Å². The summed E-state index contributed by atoms with van der Waals surface area (Å²) >= 11 is 0. The molecule has 0 spiro atoms. The lowest BCUT2D eigenvalue weighted by Gasteiger charge is -2.26. The van der Waals surface area contributed by atoms with E-state index in [0.717, 1.165) is 32.5 Å². The first kappa shape index (κ1) is 15.6. The number of nitrogens with zero attached hydrogens (tertiary/aromatic N) is 1. The molecule has 0 heterocycles. The molecule has 0 bridgehead atoms. The van der Waals surface area contributed by atoms with Crippen LogP contribution in [0.25, 0.3) is 0 Å². The fourth-order valence-electron chi connectivity index (χ4n) is 2.67. The van der Waals surface area contributed by atoms with E-state index in [9.17, 15) is 0 Å². The second kappa shape index (κ2) is 8.48. The Hall–Kier alpha value is -1.80. The molecule has 0 aromatic heterocycles. The van der Waals surface area contributed by atoms with Crippen molar-refractivity contribution in [2.45, 2.75) is 26.2 Å². The molecule has 2 heteroatoms. The zero-order valence-corrected chi connectivity index (χ0v) is 13.0. The minimum atomic E-state index is 0.751. The van der Waals surface area contributed by atoms with E-state index in [2.05, 4.69) is 66.4 Å². The van der Waals surface area contributed by atoms with Gasteiger partial charge in [0.25, 0.3) is 0 Å². The third-order valence-electron chi connectivity index (χ3n) is 3.82. The maximum absolute atomic E-state index is 5.69. The molecule has 0 saturated heterocycles. The van der Waals surface area contributed by atoms with Crippen molar-refractivity contribution in [3.63, 3.8) is 0 Å². The van der Waals surface area contributed by atoms with Gasteiger partial charge in [-0.05, 0) is 49.9 Å². The second-order valence-electron chi connectivity index (χ2n) is 5.50. The first-order chi connectivity index (χ1) is 10.3. The average molecular weight is 282 g/mol. The van der Waals surface area contributed by atoms with Crippen molar-refractivity contribution in [1.29, 1.82) is 0 Å². The van der Waals surface area contributed by atoms with Crippen molar-refractivity contribution in [2.24, 2.45) is 5.73 Å². The van der Waals surface area contributed by atoms with E-state index in [1.807, 2.05) is 0 Å². The molecule has 112 valence electrons. The molecule has 0 radical (unpaired) electrons. The highest BCUT2D eigenvalue weighted by Crippen LogP contribution is 2.20. The van der Waals surface area contributed by atoms with Gasteiger partial charge in [0.1, 0.15) is 0 Å². The monoisotopic (exact) mass is 282 g/mol. The van der Waals surface area contributed by atoms with Gasteiger partial charge >= 0.3 is 0 Å². The molecule has 0 aliphatic rings. The second-order valence-corrected chi connectivity index (χ2v) is 5.50. The summed E-state index contributed by atoms with van der Waals surface area (Å²) in [5, 5.41) is 0. The maximum atomic E-state index is 5.69. The Morgan fingerprint density at radius 3 is 2.24 bits per heavy atom. The van der Waals surface area contributed by atoms with Gasteiger partial charge in [-0.1, -0.05) is 48.5 Å². The average Bonchev–Trinajstić information content (AvgIpc) is 2.52. The van der Waals surface area contributed by atoms with Crippen molar-refractivity contribution >= 4 is 5.69 Å². The van der Waals surface area contributed by atoms with Gasteiger partial charge in [0.15, 0.2) is 0 Å². The van der Waals surface area contributed by atoms with E-state index in [4.69, 9.17) is 5.73 Å². The zero-order chi connectivity index (χ0) is 14.9. The number of rotatable bonds is 8. The number of aryl methyl sites for hydroxylation is 2. The van der Waals surface area contributed by atoms with E-state index in [-0.39, 0.29) is 0 Å². The van der Waals surface area contributed by atoms with E-state index < -0.39 is 0 Å². The molecule has 2 nitrogen and oxygen atoms in total. The van der Waals surface area contributed by atoms with E-state index in [1.54, 1.807) is 0 Å². The summed E-state index contributed by atoms with van der Waals surface area (Å²) in [6, 6.07) is 19.3. The van der Waals surface area contributed by atoms with Crippen LogP contribution in [0.4, 0.5) is 5.69 Å². The maximum Gasteiger partial charge on any atom is 0.0395 e. The van der Waals surface area contributed by atoms with Gasteiger partial charge in [0.2, 0.25) is 0 Å². The molecule has 0 saturated carbocycles. The molecule has 0 atom stereocenters. The van der Waals surface area contributed by atoms with Crippen LogP contribution in [0.2, 0.25) is 0 Å². The van der Waals surface area contributed by atoms with Gasteiger partial charge in [-0.15, -0.1) is 0 Å². The molecule has 2 N–H and O–H groups in total. The lowest BCUT2D eigenvalue weighted by molar-refractivity contribution is 0.696. The molecular formula is C19H26N2. The Balaban J connectivity index is 1.95. The van der Waals surface area contributed by atoms with Crippen LogP contribution in [0.5, 0.6) is 0 Å². The molecule has 2 rings (SSSR count). The zero-order valence-electron chi connectivity index (χ0n) is 13.0. The van der Waals surface area contributed by atoms with Crippen molar-refractivity contribution in [3.8, 4) is 0 Å². The third kappa shape index (κ3) is 4.91. The van der Waals surface area contributed by atoms with Gasteiger partial charge in [-0.3, -0.25) is 0 Å². The molecule has 0 fully saturated rings. The van der Waals surface area contributed by atoms with Gasteiger partial charge < -0.3 is 10.6 Å². The molecule has 2 aromatic carbocycles. The highest BCUT2D eigenvalue weighted by molar-refractivity contribution is 5.52. The Bertz CT molecular complexity index is 522. The molecule has 21 heavy (non-hydrogen) atoms. The molecule has 0 unspecified atom stereocenters. The van der Waals surface area contributed by atoms with E-state index in [0.29, 0.717) is 0 Å². The van der Waals surface area contributed by atoms with Crippen molar-refractivity contribution in [2.75, 3.05) is 24.5 Å². The predicted octanol–water partition coefficient (Wildman–Crippen LogP) is 3.78. The van der Waals surface area contributed by atoms with Crippen LogP contribution >= 0.6 is 0 Å². The number of anilines is 1. The normalized spacial score (nSPS) is 10.6. The predicted molar refractivity (Wildman–Crippen MR) is 91.8 cm³/mol. The lowest BCUT2D eigenvalue weighted by atomic mass is 10.1. The van der Waals surface area contributed by atoms with Gasteiger partial charge in [0, 0.05) is 18.8 Å². The molecule has 0 amide bonds. The smallest absolute Gasteiger partial charge is 0.0395 e. The molecule has 0 aliphatic carbocycles. The topological polar surface area (TPSA) is 29.3 Å². The van der Waals surface area contributed by atoms with Crippen LogP contribution in [-0.2, 0) is 6.42 Å². The van der Waals surface area contributed by atoms with E-state index >= 15 is 0 Å². The Kier molecular flexibility index (Phi) is 6.29. The van der Waals surface area contributed by atoms with Gasteiger partial charge in [0.05, 0.1) is 0 Å². The van der Waals surface area contributed by atoms with Crippen LogP contribution in [0.15, 0.2) is 54.6 Å². The fraction of sp³-hybridized carbons (Fsp3) is 0.368. The molecule has 2 aromatic rings.